The fourth-order valence-electron chi connectivity index (χ4n) is 5.19. The van der Waals surface area contributed by atoms with Crippen molar-refractivity contribution in [1.29, 1.82) is 0 Å². The van der Waals surface area contributed by atoms with E-state index in [1.54, 1.807) is 18.5 Å². The quantitative estimate of drug-likeness (QED) is 0.264. The van der Waals surface area contributed by atoms with E-state index in [-0.39, 0.29) is 11.9 Å². The molecular weight excluding hydrogens is 479 g/mol. The Balaban J connectivity index is 1.26. The predicted octanol–water partition coefficient (Wildman–Crippen LogP) is 6.11. The number of rotatable bonds is 5. The monoisotopic (exact) mass is 504 g/mol. The second-order valence-corrected chi connectivity index (χ2v) is 9.62. The lowest BCUT2D eigenvalue weighted by atomic mass is 10.0. The number of ether oxygens (including phenoxy) is 1. The maximum atomic E-state index is 13.9. The molecule has 0 atom stereocenters. The molecule has 6 aromatic rings. The van der Waals surface area contributed by atoms with Crippen LogP contribution < -0.4 is 10.1 Å². The highest BCUT2D eigenvalue weighted by Gasteiger charge is 2.17. The highest BCUT2D eigenvalue weighted by molar-refractivity contribution is 6.00. The van der Waals surface area contributed by atoms with Crippen LogP contribution >= 0.6 is 0 Å². The SMILES string of the molecule is Fc1cccc(-c2nccc3[nH]c(-c4n[nH]c5ccc(-c6cncc(OC7CCNCC7)c6)cc45)cc23)c1. The van der Waals surface area contributed by atoms with Crippen LogP contribution in [0.15, 0.2) is 79.3 Å². The highest BCUT2D eigenvalue weighted by atomic mass is 19.1. The molecule has 1 aliphatic heterocycles. The minimum absolute atomic E-state index is 0.213. The maximum absolute atomic E-state index is 13.9. The second-order valence-electron chi connectivity index (χ2n) is 9.62. The molecule has 8 heteroatoms. The van der Waals surface area contributed by atoms with Gasteiger partial charge in [-0.15, -0.1) is 0 Å². The van der Waals surface area contributed by atoms with Gasteiger partial charge >= 0.3 is 0 Å². The summed E-state index contributed by atoms with van der Waals surface area (Å²) in [6.45, 7) is 1.95. The first-order chi connectivity index (χ1) is 18.7. The van der Waals surface area contributed by atoms with Gasteiger partial charge in [0.05, 0.1) is 23.1 Å². The molecule has 0 bridgehead atoms. The van der Waals surface area contributed by atoms with Crippen molar-refractivity contribution in [3.8, 4) is 39.5 Å². The van der Waals surface area contributed by atoms with E-state index in [0.29, 0.717) is 0 Å². The molecule has 38 heavy (non-hydrogen) atoms. The van der Waals surface area contributed by atoms with Gasteiger partial charge in [-0.2, -0.15) is 5.10 Å². The Bertz CT molecular complexity index is 1770. The molecule has 0 unspecified atom stereocenters. The number of hydrogen-bond donors (Lipinski definition) is 3. The molecule has 188 valence electrons. The van der Waals surface area contributed by atoms with Gasteiger partial charge in [0.15, 0.2) is 0 Å². The Morgan fingerprint density at radius 1 is 0.816 bits per heavy atom. The van der Waals surface area contributed by atoms with Crippen molar-refractivity contribution in [3.05, 3.63) is 85.1 Å². The van der Waals surface area contributed by atoms with Crippen LogP contribution in [0.2, 0.25) is 0 Å². The van der Waals surface area contributed by atoms with E-state index < -0.39 is 0 Å². The van der Waals surface area contributed by atoms with Crippen LogP contribution in [-0.2, 0) is 0 Å². The number of halogens is 1. The number of H-pyrrole nitrogens is 2. The maximum Gasteiger partial charge on any atom is 0.138 e. The lowest BCUT2D eigenvalue weighted by Crippen LogP contribution is -2.34. The molecule has 1 fully saturated rings. The molecule has 5 heterocycles. The molecule has 0 radical (unpaired) electrons. The van der Waals surface area contributed by atoms with Crippen LogP contribution in [0.3, 0.4) is 0 Å². The summed E-state index contributed by atoms with van der Waals surface area (Å²) in [5.74, 6) is 0.498. The number of nitrogens with zero attached hydrogens (tertiary/aromatic N) is 3. The third kappa shape index (κ3) is 4.18. The van der Waals surface area contributed by atoms with E-state index in [1.165, 1.54) is 12.1 Å². The molecule has 0 amide bonds. The standard InChI is InChI=1S/C30H25FN6O/c31-21-3-1-2-19(12-21)29-25-15-28(35-26(25)8-11-34-29)30-24-14-18(4-5-27(24)36-37-30)20-13-23(17-33-16-20)38-22-6-9-32-10-7-22/h1-5,8,11-17,22,32,35H,6-7,9-10H2,(H,36,37). The molecule has 7 rings (SSSR count). The molecule has 3 N–H and O–H groups in total. The first-order valence-corrected chi connectivity index (χ1v) is 12.8. The fraction of sp³-hybridized carbons (Fsp3) is 0.167. The van der Waals surface area contributed by atoms with Gasteiger partial charge in [0.25, 0.3) is 0 Å². The fourth-order valence-corrected chi connectivity index (χ4v) is 5.19. The summed E-state index contributed by atoms with van der Waals surface area (Å²) in [6.07, 6.45) is 7.57. The van der Waals surface area contributed by atoms with Gasteiger partial charge in [0.2, 0.25) is 0 Å². The van der Waals surface area contributed by atoms with Gasteiger partial charge in [-0.3, -0.25) is 15.1 Å². The summed E-state index contributed by atoms with van der Waals surface area (Å²) in [4.78, 5) is 12.5. The van der Waals surface area contributed by atoms with E-state index >= 15 is 0 Å². The summed E-state index contributed by atoms with van der Waals surface area (Å²) in [5, 5.41) is 13.0. The third-order valence-corrected chi connectivity index (χ3v) is 7.10. The summed E-state index contributed by atoms with van der Waals surface area (Å²) < 4.78 is 20.1. The van der Waals surface area contributed by atoms with Crippen LogP contribution in [0.4, 0.5) is 4.39 Å². The molecule has 1 aliphatic rings. The van der Waals surface area contributed by atoms with Gasteiger partial charge in [-0.05, 0) is 74.0 Å². The average Bonchev–Trinajstić information content (AvgIpc) is 3.57. The summed E-state index contributed by atoms with van der Waals surface area (Å²) >= 11 is 0. The first kappa shape index (κ1) is 22.6. The predicted molar refractivity (Wildman–Crippen MR) is 146 cm³/mol. The van der Waals surface area contributed by atoms with Gasteiger partial charge in [0, 0.05) is 39.8 Å². The van der Waals surface area contributed by atoms with Crippen molar-refractivity contribution in [2.75, 3.05) is 13.1 Å². The number of hydrogen-bond acceptors (Lipinski definition) is 5. The number of nitrogens with one attached hydrogen (secondary N) is 3. The molecule has 0 saturated carbocycles. The number of aromatic nitrogens is 5. The van der Waals surface area contributed by atoms with E-state index in [4.69, 9.17) is 4.74 Å². The van der Waals surface area contributed by atoms with E-state index in [1.807, 2.05) is 30.5 Å². The number of benzene rings is 2. The van der Waals surface area contributed by atoms with Crippen LogP contribution in [0.25, 0.3) is 55.6 Å². The Hall–Kier alpha value is -4.56. The van der Waals surface area contributed by atoms with Crippen molar-refractivity contribution >= 4 is 21.8 Å². The third-order valence-electron chi connectivity index (χ3n) is 7.10. The molecule has 7 nitrogen and oxygen atoms in total. The molecule has 0 spiro atoms. The van der Waals surface area contributed by atoms with E-state index in [0.717, 1.165) is 87.3 Å². The van der Waals surface area contributed by atoms with Gasteiger partial charge in [0.1, 0.15) is 23.4 Å². The zero-order chi connectivity index (χ0) is 25.5. The first-order valence-electron chi connectivity index (χ1n) is 12.8. The lowest BCUT2D eigenvalue weighted by molar-refractivity contribution is 0.162. The average molecular weight is 505 g/mol. The lowest BCUT2D eigenvalue weighted by Gasteiger charge is -2.23. The summed E-state index contributed by atoms with van der Waals surface area (Å²) in [7, 11) is 0. The van der Waals surface area contributed by atoms with Crippen LogP contribution in [0.1, 0.15) is 12.8 Å². The Morgan fingerprint density at radius 2 is 1.71 bits per heavy atom. The normalized spacial score (nSPS) is 14.3. The number of pyridine rings is 2. The number of aromatic amines is 2. The zero-order valence-electron chi connectivity index (χ0n) is 20.5. The topological polar surface area (TPSA) is 91.5 Å². The van der Waals surface area contributed by atoms with Crippen molar-refractivity contribution < 1.29 is 9.13 Å². The largest absolute Gasteiger partial charge is 0.489 e. The van der Waals surface area contributed by atoms with Crippen molar-refractivity contribution in [2.24, 2.45) is 0 Å². The minimum atomic E-state index is -0.289. The second kappa shape index (κ2) is 9.39. The van der Waals surface area contributed by atoms with E-state index in [9.17, 15) is 4.39 Å². The number of piperidine rings is 1. The number of fused-ring (bicyclic) bond motifs is 2. The van der Waals surface area contributed by atoms with Gasteiger partial charge in [-0.25, -0.2) is 4.39 Å². The van der Waals surface area contributed by atoms with Crippen molar-refractivity contribution in [3.63, 3.8) is 0 Å². The summed E-state index contributed by atoms with van der Waals surface area (Å²) in [5.41, 5.74) is 6.97. The Kier molecular flexibility index (Phi) is 5.59. The molecule has 0 aliphatic carbocycles. The smallest absolute Gasteiger partial charge is 0.138 e. The van der Waals surface area contributed by atoms with Crippen LogP contribution in [0, 0.1) is 5.82 Å². The molecule has 4 aromatic heterocycles. The molecule has 1 saturated heterocycles. The van der Waals surface area contributed by atoms with Gasteiger partial charge < -0.3 is 15.0 Å². The van der Waals surface area contributed by atoms with Crippen molar-refractivity contribution in [2.45, 2.75) is 18.9 Å². The van der Waals surface area contributed by atoms with Crippen molar-refractivity contribution in [1.82, 2.24) is 30.5 Å². The van der Waals surface area contributed by atoms with Crippen LogP contribution in [-0.4, -0.2) is 44.3 Å². The summed E-state index contributed by atoms with van der Waals surface area (Å²) in [6, 6.07) is 18.7. The van der Waals surface area contributed by atoms with Gasteiger partial charge in [-0.1, -0.05) is 18.2 Å². The van der Waals surface area contributed by atoms with Crippen LogP contribution in [0.5, 0.6) is 5.75 Å². The molecular formula is C30H25FN6O. The molecule has 2 aromatic carbocycles. The minimum Gasteiger partial charge on any atom is -0.489 e. The Morgan fingerprint density at radius 3 is 2.61 bits per heavy atom. The highest BCUT2D eigenvalue weighted by Crippen LogP contribution is 2.35. The van der Waals surface area contributed by atoms with E-state index in [2.05, 4.69) is 48.7 Å². The zero-order valence-corrected chi connectivity index (χ0v) is 20.5. The Labute approximate surface area is 218 Å².